The van der Waals surface area contributed by atoms with Crippen molar-refractivity contribution in [2.24, 2.45) is 5.92 Å². The number of hydrogen-bond donors (Lipinski definition) is 3. The van der Waals surface area contributed by atoms with E-state index in [4.69, 9.17) is 5.11 Å². The van der Waals surface area contributed by atoms with Crippen molar-refractivity contribution < 1.29 is 14.7 Å². The molecule has 1 atom stereocenters. The van der Waals surface area contributed by atoms with Crippen molar-refractivity contribution in [2.75, 3.05) is 5.32 Å². The predicted octanol–water partition coefficient (Wildman–Crippen LogP) is 1.16. The number of carboxylic acids is 1. The molecule has 7 nitrogen and oxygen atoms in total. The van der Waals surface area contributed by atoms with Crippen LogP contribution in [0.5, 0.6) is 0 Å². The van der Waals surface area contributed by atoms with Gasteiger partial charge in [0.2, 0.25) is 5.13 Å². The van der Waals surface area contributed by atoms with Gasteiger partial charge in [0.15, 0.2) is 0 Å². The van der Waals surface area contributed by atoms with Crippen LogP contribution in [0.1, 0.15) is 20.3 Å². The molecule has 0 saturated carbocycles. The number of anilines is 1. The van der Waals surface area contributed by atoms with Crippen LogP contribution in [0.2, 0.25) is 0 Å². The molecule has 1 unspecified atom stereocenters. The first kappa shape index (κ1) is 13.4. The Kier molecular flexibility index (Phi) is 4.83. The van der Waals surface area contributed by atoms with Crippen molar-refractivity contribution in [1.29, 1.82) is 0 Å². The third-order valence-electron chi connectivity index (χ3n) is 2.10. The van der Waals surface area contributed by atoms with E-state index >= 15 is 0 Å². The number of carbonyl (C=O) groups is 2. The molecule has 2 amide bonds. The summed E-state index contributed by atoms with van der Waals surface area (Å²) < 4.78 is 0. The topological polar surface area (TPSA) is 104 Å². The maximum absolute atomic E-state index is 11.5. The largest absolute Gasteiger partial charge is 0.481 e. The van der Waals surface area contributed by atoms with Crippen LogP contribution in [0.15, 0.2) is 5.51 Å². The summed E-state index contributed by atoms with van der Waals surface area (Å²) in [6, 6.07) is -0.887. The molecule has 1 rings (SSSR count). The molecule has 0 aliphatic rings. The second kappa shape index (κ2) is 6.14. The number of aromatic nitrogens is 2. The summed E-state index contributed by atoms with van der Waals surface area (Å²) in [5.41, 5.74) is 1.49. The lowest BCUT2D eigenvalue weighted by atomic mass is 10.0. The number of hydrogen-bond acceptors (Lipinski definition) is 5. The Balaban J connectivity index is 2.49. The Bertz CT molecular complexity index is 380. The molecule has 0 aliphatic carbocycles. The second-order valence-corrected chi connectivity index (χ2v) is 4.62. The van der Waals surface area contributed by atoms with E-state index in [0.29, 0.717) is 5.13 Å². The predicted molar refractivity (Wildman–Crippen MR) is 62.9 cm³/mol. The summed E-state index contributed by atoms with van der Waals surface area (Å²) >= 11 is 1.19. The number of urea groups is 1. The zero-order chi connectivity index (χ0) is 12.8. The fourth-order valence-corrected chi connectivity index (χ4v) is 1.61. The minimum atomic E-state index is -0.945. The monoisotopic (exact) mass is 258 g/mol. The van der Waals surface area contributed by atoms with Crippen molar-refractivity contribution in [1.82, 2.24) is 15.5 Å². The smallest absolute Gasteiger partial charge is 0.321 e. The molecule has 0 bridgehead atoms. The van der Waals surface area contributed by atoms with Crippen LogP contribution < -0.4 is 10.6 Å². The van der Waals surface area contributed by atoms with Gasteiger partial charge in [-0.3, -0.25) is 10.1 Å². The Labute approximate surface area is 102 Å². The average Bonchev–Trinajstić information content (AvgIpc) is 2.68. The van der Waals surface area contributed by atoms with Crippen LogP contribution in [-0.2, 0) is 4.79 Å². The van der Waals surface area contributed by atoms with Crippen LogP contribution in [-0.4, -0.2) is 33.3 Å². The van der Waals surface area contributed by atoms with Gasteiger partial charge >= 0.3 is 12.0 Å². The van der Waals surface area contributed by atoms with Crippen LogP contribution in [0.4, 0.5) is 9.93 Å². The third kappa shape index (κ3) is 4.77. The van der Waals surface area contributed by atoms with Gasteiger partial charge in [-0.25, -0.2) is 4.79 Å². The van der Waals surface area contributed by atoms with Crippen molar-refractivity contribution in [2.45, 2.75) is 26.3 Å². The maximum atomic E-state index is 11.5. The van der Waals surface area contributed by atoms with Gasteiger partial charge in [0.1, 0.15) is 5.51 Å². The number of nitrogens with zero attached hydrogens (tertiary/aromatic N) is 2. The molecule has 0 radical (unpaired) electrons. The summed E-state index contributed by atoms with van der Waals surface area (Å²) in [6.07, 6.45) is -0.110. The quantitative estimate of drug-likeness (QED) is 0.735. The van der Waals surface area contributed by atoms with Crippen LogP contribution >= 0.6 is 11.3 Å². The molecule has 0 spiro atoms. The lowest BCUT2D eigenvalue weighted by Crippen LogP contribution is -2.42. The standard InChI is InChI=1S/C9H14N4O3S/c1-5(2)6(3-7(14)15)11-8(16)12-9-13-10-4-17-9/h4-6H,3H2,1-2H3,(H,14,15)(H2,11,12,13,16). The molecule has 94 valence electrons. The zero-order valence-corrected chi connectivity index (χ0v) is 10.3. The van der Waals surface area contributed by atoms with Crippen molar-refractivity contribution in [3.63, 3.8) is 0 Å². The van der Waals surface area contributed by atoms with E-state index in [1.165, 1.54) is 16.8 Å². The minimum absolute atomic E-state index is 0.0336. The number of nitrogens with one attached hydrogen (secondary N) is 2. The van der Waals surface area contributed by atoms with E-state index in [2.05, 4.69) is 20.8 Å². The number of carboxylic acid groups (broad SMARTS) is 1. The number of carbonyl (C=O) groups excluding carboxylic acids is 1. The van der Waals surface area contributed by atoms with Crippen LogP contribution in [0, 0.1) is 5.92 Å². The number of aliphatic carboxylic acids is 1. The van der Waals surface area contributed by atoms with Gasteiger partial charge in [-0.05, 0) is 5.92 Å². The first-order valence-corrected chi connectivity index (χ1v) is 5.92. The molecule has 1 aromatic rings. The Morgan fingerprint density at radius 3 is 2.71 bits per heavy atom. The summed E-state index contributed by atoms with van der Waals surface area (Å²) in [5.74, 6) is -0.911. The lowest BCUT2D eigenvalue weighted by Gasteiger charge is -2.20. The van der Waals surface area contributed by atoms with Gasteiger partial charge < -0.3 is 10.4 Å². The van der Waals surface area contributed by atoms with E-state index in [1.54, 1.807) is 0 Å². The fraction of sp³-hybridized carbons (Fsp3) is 0.556. The first-order valence-electron chi connectivity index (χ1n) is 5.04. The average molecular weight is 258 g/mol. The second-order valence-electron chi connectivity index (χ2n) is 3.79. The first-order chi connectivity index (χ1) is 7.99. The van der Waals surface area contributed by atoms with Crippen molar-refractivity contribution in [3.8, 4) is 0 Å². The summed E-state index contributed by atoms with van der Waals surface area (Å²) in [5, 5.41) is 21.4. The van der Waals surface area contributed by atoms with E-state index < -0.39 is 18.0 Å². The molecule has 17 heavy (non-hydrogen) atoms. The van der Waals surface area contributed by atoms with E-state index in [-0.39, 0.29) is 12.3 Å². The molecule has 1 heterocycles. The molecule has 8 heteroatoms. The molecule has 0 saturated heterocycles. The van der Waals surface area contributed by atoms with E-state index in [9.17, 15) is 9.59 Å². The highest BCUT2D eigenvalue weighted by Gasteiger charge is 2.19. The fourth-order valence-electron chi connectivity index (χ4n) is 1.17. The molecule has 0 aromatic carbocycles. The Morgan fingerprint density at radius 1 is 1.53 bits per heavy atom. The molecule has 1 aromatic heterocycles. The number of rotatable bonds is 5. The van der Waals surface area contributed by atoms with E-state index in [0.717, 1.165) is 0 Å². The minimum Gasteiger partial charge on any atom is -0.481 e. The van der Waals surface area contributed by atoms with Crippen LogP contribution in [0.3, 0.4) is 0 Å². The highest BCUT2D eigenvalue weighted by atomic mass is 32.1. The zero-order valence-electron chi connectivity index (χ0n) is 9.51. The molecule has 3 N–H and O–H groups in total. The molecule has 0 aliphatic heterocycles. The Morgan fingerprint density at radius 2 is 2.24 bits per heavy atom. The maximum Gasteiger partial charge on any atom is 0.321 e. The molecule has 0 fully saturated rings. The molecular weight excluding hydrogens is 244 g/mol. The highest BCUT2D eigenvalue weighted by Crippen LogP contribution is 2.09. The van der Waals surface area contributed by atoms with Gasteiger partial charge in [0.05, 0.1) is 6.42 Å². The van der Waals surface area contributed by atoms with Gasteiger partial charge in [-0.15, -0.1) is 10.2 Å². The lowest BCUT2D eigenvalue weighted by molar-refractivity contribution is -0.137. The van der Waals surface area contributed by atoms with Crippen molar-refractivity contribution >= 4 is 28.5 Å². The van der Waals surface area contributed by atoms with Crippen molar-refractivity contribution in [3.05, 3.63) is 5.51 Å². The highest BCUT2D eigenvalue weighted by molar-refractivity contribution is 7.13. The SMILES string of the molecule is CC(C)C(CC(=O)O)NC(=O)Nc1nncs1. The van der Waals surface area contributed by atoms with Gasteiger partial charge in [-0.2, -0.15) is 0 Å². The summed E-state index contributed by atoms with van der Waals surface area (Å²) in [6.45, 7) is 3.69. The van der Waals surface area contributed by atoms with Crippen LogP contribution in [0.25, 0.3) is 0 Å². The summed E-state index contributed by atoms with van der Waals surface area (Å²) in [7, 11) is 0. The normalized spacial score (nSPS) is 12.2. The van der Waals surface area contributed by atoms with Gasteiger partial charge in [0, 0.05) is 6.04 Å². The summed E-state index contributed by atoms with van der Waals surface area (Å²) in [4.78, 5) is 22.2. The van der Waals surface area contributed by atoms with Gasteiger partial charge in [0.25, 0.3) is 0 Å². The molecular formula is C9H14N4O3S. The van der Waals surface area contributed by atoms with Gasteiger partial charge in [-0.1, -0.05) is 25.2 Å². The third-order valence-corrected chi connectivity index (χ3v) is 2.70. The Hall–Kier alpha value is -1.70. The van der Waals surface area contributed by atoms with E-state index in [1.807, 2.05) is 13.8 Å². The number of amides is 2.